The fourth-order valence-corrected chi connectivity index (χ4v) is 1.10. The molecule has 0 heterocycles. The largest absolute Gasteiger partial charge is 0.477 e. The summed E-state index contributed by atoms with van der Waals surface area (Å²) in [6.07, 6.45) is 0. The van der Waals surface area contributed by atoms with Crippen LogP contribution < -0.4 is 16.2 Å². The van der Waals surface area contributed by atoms with E-state index in [1.807, 2.05) is 0 Å². The Hall–Kier alpha value is -2.15. The average Bonchev–Trinajstić information content (AvgIpc) is 2.25. The van der Waals surface area contributed by atoms with Gasteiger partial charge in [-0.15, -0.1) is 0 Å². The van der Waals surface area contributed by atoms with Crippen molar-refractivity contribution < 1.29 is 14.5 Å². The van der Waals surface area contributed by atoms with Crippen LogP contribution >= 0.6 is 0 Å². The zero-order valence-corrected chi connectivity index (χ0v) is 8.38. The molecule has 0 bridgehead atoms. The molecule has 1 aromatic carbocycles. The molecular formula is C9H11N3O4. The Morgan fingerprint density at radius 1 is 1.50 bits per heavy atom. The molecule has 7 nitrogen and oxygen atoms in total. The highest BCUT2D eigenvalue weighted by atomic mass is 16.6. The molecule has 0 radical (unpaired) electrons. The van der Waals surface area contributed by atoms with Crippen molar-refractivity contribution in [1.82, 2.24) is 0 Å². The van der Waals surface area contributed by atoms with Gasteiger partial charge in [0.2, 0.25) is 0 Å². The highest BCUT2D eigenvalue weighted by Crippen LogP contribution is 2.27. The topological polar surface area (TPSA) is 121 Å². The first-order valence-corrected chi connectivity index (χ1v) is 4.43. The number of rotatable bonds is 5. The van der Waals surface area contributed by atoms with Crippen LogP contribution in [0.2, 0.25) is 0 Å². The van der Waals surface area contributed by atoms with Crippen LogP contribution in [0.15, 0.2) is 18.2 Å². The molecule has 4 N–H and O–H groups in total. The number of hydrogen-bond donors (Lipinski definition) is 2. The molecular weight excluding hydrogens is 214 g/mol. The minimum atomic E-state index is -0.701. The van der Waals surface area contributed by atoms with Gasteiger partial charge in [-0.1, -0.05) is 6.07 Å². The second-order valence-electron chi connectivity index (χ2n) is 3.02. The molecule has 0 atom stereocenters. The lowest BCUT2D eigenvalue weighted by atomic mass is 10.2. The third-order valence-corrected chi connectivity index (χ3v) is 1.83. The molecule has 16 heavy (non-hydrogen) atoms. The molecule has 0 aromatic heterocycles. The maximum absolute atomic E-state index is 10.6. The van der Waals surface area contributed by atoms with Crippen molar-refractivity contribution in [3.63, 3.8) is 0 Å². The highest BCUT2D eigenvalue weighted by Gasteiger charge is 2.15. The SMILES string of the molecule is NCc1ccc([N+](=O)[O-])c(OCC(N)=O)c1. The summed E-state index contributed by atoms with van der Waals surface area (Å²) in [7, 11) is 0. The van der Waals surface area contributed by atoms with Crippen molar-refractivity contribution in [2.24, 2.45) is 11.5 Å². The molecule has 1 aromatic rings. The van der Waals surface area contributed by atoms with Crippen LogP contribution in [-0.2, 0) is 11.3 Å². The highest BCUT2D eigenvalue weighted by molar-refractivity contribution is 5.75. The van der Waals surface area contributed by atoms with Crippen LogP contribution in [0.5, 0.6) is 5.75 Å². The van der Waals surface area contributed by atoms with Gasteiger partial charge in [0.05, 0.1) is 4.92 Å². The maximum atomic E-state index is 10.6. The predicted octanol–water partition coefficient (Wildman–Crippen LogP) is -0.0824. The number of amides is 1. The van der Waals surface area contributed by atoms with Crippen LogP contribution in [0.25, 0.3) is 0 Å². The summed E-state index contributed by atoms with van der Waals surface area (Å²) < 4.78 is 4.93. The first-order valence-electron chi connectivity index (χ1n) is 4.43. The number of carbonyl (C=O) groups is 1. The number of nitro groups is 1. The third-order valence-electron chi connectivity index (χ3n) is 1.83. The zero-order valence-electron chi connectivity index (χ0n) is 8.38. The van der Waals surface area contributed by atoms with Crippen LogP contribution in [0, 0.1) is 10.1 Å². The van der Waals surface area contributed by atoms with E-state index in [9.17, 15) is 14.9 Å². The molecule has 0 fully saturated rings. The third kappa shape index (κ3) is 2.92. The van der Waals surface area contributed by atoms with Gasteiger partial charge in [-0.25, -0.2) is 0 Å². The van der Waals surface area contributed by atoms with E-state index in [1.54, 1.807) is 0 Å². The fraction of sp³-hybridized carbons (Fsp3) is 0.222. The van der Waals surface area contributed by atoms with Gasteiger partial charge in [-0.3, -0.25) is 14.9 Å². The number of nitrogens with two attached hydrogens (primary N) is 2. The normalized spacial score (nSPS) is 9.81. The minimum Gasteiger partial charge on any atom is -0.477 e. The van der Waals surface area contributed by atoms with Crippen molar-refractivity contribution in [3.8, 4) is 5.75 Å². The standard InChI is InChI=1S/C9H11N3O4/c10-4-6-1-2-7(12(14)15)8(3-6)16-5-9(11)13/h1-3H,4-5,10H2,(H2,11,13). The molecule has 86 valence electrons. The van der Waals surface area contributed by atoms with Crippen LogP contribution in [0.4, 0.5) is 5.69 Å². The van der Waals surface area contributed by atoms with Gasteiger partial charge in [-0.2, -0.15) is 0 Å². The lowest BCUT2D eigenvalue weighted by Gasteiger charge is -2.06. The molecule has 0 unspecified atom stereocenters. The van der Waals surface area contributed by atoms with E-state index in [0.717, 1.165) is 0 Å². The maximum Gasteiger partial charge on any atom is 0.310 e. The van der Waals surface area contributed by atoms with Crippen molar-refractivity contribution in [1.29, 1.82) is 0 Å². The molecule has 1 rings (SSSR count). The average molecular weight is 225 g/mol. The predicted molar refractivity (Wildman–Crippen MR) is 55.7 cm³/mol. The molecule has 0 saturated heterocycles. The van der Waals surface area contributed by atoms with Crippen LogP contribution in [0.1, 0.15) is 5.56 Å². The molecule has 0 spiro atoms. The second-order valence-corrected chi connectivity index (χ2v) is 3.02. The number of benzene rings is 1. The van der Waals surface area contributed by atoms with Gasteiger partial charge >= 0.3 is 5.69 Å². The molecule has 0 saturated carbocycles. The van der Waals surface area contributed by atoms with Crippen molar-refractivity contribution in [3.05, 3.63) is 33.9 Å². The quantitative estimate of drug-likeness (QED) is 0.536. The van der Waals surface area contributed by atoms with Crippen molar-refractivity contribution in [2.75, 3.05) is 6.61 Å². The summed E-state index contributed by atoms with van der Waals surface area (Å²) in [5.74, 6) is -0.709. The van der Waals surface area contributed by atoms with E-state index in [0.29, 0.717) is 5.56 Å². The Morgan fingerprint density at radius 2 is 2.19 bits per heavy atom. The summed E-state index contributed by atoms with van der Waals surface area (Å²) in [4.78, 5) is 20.6. The Bertz CT molecular complexity index is 419. The van der Waals surface area contributed by atoms with E-state index >= 15 is 0 Å². The molecule has 0 aliphatic carbocycles. The van der Waals surface area contributed by atoms with Crippen molar-refractivity contribution >= 4 is 11.6 Å². The summed E-state index contributed by atoms with van der Waals surface area (Å²) in [6.45, 7) is -0.181. The van der Waals surface area contributed by atoms with Crippen LogP contribution in [0.3, 0.4) is 0 Å². The first-order chi connectivity index (χ1) is 7.54. The second kappa shape index (κ2) is 5.08. The summed E-state index contributed by atoms with van der Waals surface area (Å²) >= 11 is 0. The number of primary amides is 1. The first kappa shape index (κ1) is 11.9. The fourth-order valence-electron chi connectivity index (χ4n) is 1.10. The Balaban J connectivity index is 3.00. The number of ether oxygens (including phenoxy) is 1. The van der Waals surface area contributed by atoms with Gasteiger partial charge in [0.25, 0.3) is 5.91 Å². The van der Waals surface area contributed by atoms with E-state index < -0.39 is 17.4 Å². The van der Waals surface area contributed by atoms with E-state index in [2.05, 4.69) is 0 Å². The minimum absolute atomic E-state index is 0.00764. The van der Waals surface area contributed by atoms with Gasteiger partial charge in [0.1, 0.15) is 0 Å². The van der Waals surface area contributed by atoms with Crippen LogP contribution in [-0.4, -0.2) is 17.4 Å². The van der Waals surface area contributed by atoms with Gasteiger partial charge in [0, 0.05) is 12.6 Å². The van der Waals surface area contributed by atoms with E-state index in [1.165, 1.54) is 18.2 Å². The van der Waals surface area contributed by atoms with E-state index in [4.69, 9.17) is 16.2 Å². The zero-order chi connectivity index (χ0) is 12.1. The molecule has 7 heteroatoms. The van der Waals surface area contributed by atoms with Gasteiger partial charge in [-0.05, 0) is 11.6 Å². The number of carbonyl (C=O) groups excluding carboxylic acids is 1. The summed E-state index contributed by atoms with van der Waals surface area (Å²) in [5, 5.41) is 10.6. The van der Waals surface area contributed by atoms with Gasteiger partial charge < -0.3 is 16.2 Å². The molecule has 0 aliphatic rings. The number of hydrogen-bond acceptors (Lipinski definition) is 5. The number of nitro benzene ring substituents is 1. The monoisotopic (exact) mass is 225 g/mol. The lowest BCUT2D eigenvalue weighted by Crippen LogP contribution is -2.20. The summed E-state index contributed by atoms with van der Waals surface area (Å²) in [5.41, 5.74) is 10.7. The van der Waals surface area contributed by atoms with Gasteiger partial charge in [0.15, 0.2) is 12.4 Å². The Labute approximate surface area is 91.1 Å². The number of nitrogens with zero attached hydrogens (tertiary/aromatic N) is 1. The Morgan fingerprint density at radius 3 is 2.69 bits per heavy atom. The van der Waals surface area contributed by atoms with Crippen molar-refractivity contribution in [2.45, 2.75) is 6.54 Å². The lowest BCUT2D eigenvalue weighted by molar-refractivity contribution is -0.385. The summed E-state index contributed by atoms with van der Waals surface area (Å²) in [6, 6.07) is 4.22. The Kier molecular flexibility index (Phi) is 3.78. The molecule has 1 amide bonds. The van der Waals surface area contributed by atoms with E-state index in [-0.39, 0.29) is 18.0 Å². The molecule has 0 aliphatic heterocycles. The smallest absolute Gasteiger partial charge is 0.310 e.